The van der Waals surface area contributed by atoms with Crippen LogP contribution in [0.5, 0.6) is 0 Å². The maximum Gasteiger partial charge on any atom is 0.321 e. The molecule has 3 N–H and O–H groups in total. The topological polar surface area (TPSA) is 238 Å². The molecule has 0 aliphatic carbocycles. The van der Waals surface area contributed by atoms with Gasteiger partial charge >= 0.3 is 17.9 Å². The number of aryl methyl sites for hydroxylation is 5. The monoisotopic (exact) mass is 1760 g/mol. The molecule has 9 heterocycles. The number of likely N-dealkylation sites (tertiary alicyclic amines) is 6. The van der Waals surface area contributed by atoms with Gasteiger partial charge in [0.05, 0.1) is 27.9 Å². The van der Waals surface area contributed by atoms with E-state index in [1.807, 2.05) is 84.1 Å². The van der Waals surface area contributed by atoms with Gasteiger partial charge in [0, 0.05) is 144 Å². The number of carboxylic acids is 3. The van der Waals surface area contributed by atoms with Crippen LogP contribution in [0.1, 0.15) is 240 Å². The second-order valence-electron chi connectivity index (χ2n) is 41.4. The van der Waals surface area contributed by atoms with Crippen molar-refractivity contribution in [3.8, 4) is 6.07 Å². The van der Waals surface area contributed by atoms with Crippen molar-refractivity contribution in [1.82, 2.24) is 53.9 Å². The van der Waals surface area contributed by atoms with Gasteiger partial charge in [-0.15, -0.1) is 0 Å². The zero-order chi connectivity index (χ0) is 91.5. The fraction of sp³-hybridized carbons (Fsp3) is 0.523. The van der Waals surface area contributed by atoms with Gasteiger partial charge in [0.25, 0.3) is 0 Å². The summed E-state index contributed by atoms with van der Waals surface area (Å²) in [6, 6.07) is 59.5. The van der Waals surface area contributed by atoms with E-state index in [2.05, 4.69) is 233 Å². The van der Waals surface area contributed by atoms with Crippen molar-refractivity contribution in [2.24, 2.45) is 34.0 Å². The Morgan fingerprint density at radius 2 is 0.773 bits per heavy atom. The fourth-order valence-electron chi connectivity index (χ4n) is 22.2. The number of hydrogen-bond donors (Lipinski definition) is 3. The number of benzene rings is 6. The molecule has 0 unspecified atom stereocenters. The molecule has 6 fully saturated rings. The number of carbonyl (C=O) groups is 3. The molecule has 6 aliphatic heterocycles. The highest BCUT2D eigenvalue weighted by Gasteiger charge is 2.49. The third-order valence-corrected chi connectivity index (χ3v) is 29.3. The minimum absolute atomic E-state index is 0.308. The van der Waals surface area contributed by atoms with Crippen LogP contribution in [0, 0.1) is 66.1 Å². The molecule has 0 spiro atoms. The zero-order valence-corrected chi connectivity index (χ0v) is 79.6. The van der Waals surface area contributed by atoms with Crippen LogP contribution in [0.15, 0.2) is 187 Å². The molecule has 15 rings (SSSR count). The summed E-state index contributed by atoms with van der Waals surface area (Å²) in [4.78, 5) is 56.7. The third kappa shape index (κ3) is 24.8. The molecule has 128 heavy (non-hydrogen) atoms. The lowest BCUT2D eigenvalue weighted by Gasteiger charge is -2.36. The minimum atomic E-state index is -3.21. The Kier molecular flexibility index (Phi) is 31.6. The van der Waals surface area contributed by atoms with E-state index in [-0.39, 0.29) is 16.2 Å². The Balaban J connectivity index is 0.000000164. The van der Waals surface area contributed by atoms with Crippen LogP contribution in [0.2, 0.25) is 0 Å². The lowest BCUT2D eigenvalue weighted by Crippen LogP contribution is -2.48. The summed E-state index contributed by atoms with van der Waals surface area (Å²) in [5.74, 6) is 1.48. The first-order valence-corrected chi connectivity index (χ1v) is 49.0. The fourth-order valence-corrected chi connectivity index (χ4v) is 22.8. The van der Waals surface area contributed by atoms with E-state index in [1.54, 1.807) is 12.1 Å². The average molecular weight is 1760 g/mol. The van der Waals surface area contributed by atoms with Crippen LogP contribution in [0.3, 0.4) is 0 Å². The van der Waals surface area contributed by atoms with E-state index < -0.39 is 45.9 Å². The first kappa shape index (κ1) is 96.1. The molecular formula is C107H142N12O8S. The number of nitriles is 1. The highest BCUT2D eigenvalue weighted by atomic mass is 32.2. The number of nitrogens with zero attached hydrogens (tertiary/aromatic N) is 12. The van der Waals surface area contributed by atoms with Crippen molar-refractivity contribution in [3.63, 3.8) is 0 Å². The summed E-state index contributed by atoms with van der Waals surface area (Å²) in [5, 5.41) is 49.5. The summed E-state index contributed by atoms with van der Waals surface area (Å²) in [7, 11) is -3.21. The van der Waals surface area contributed by atoms with Gasteiger partial charge in [0.2, 0.25) is 0 Å². The Labute approximate surface area is 763 Å². The first-order valence-electron chi connectivity index (χ1n) is 47.1. The van der Waals surface area contributed by atoms with Gasteiger partial charge < -0.3 is 30.0 Å². The van der Waals surface area contributed by atoms with Crippen LogP contribution in [0.25, 0.3) is 0 Å². The molecule has 3 aromatic heterocycles. The van der Waals surface area contributed by atoms with Gasteiger partial charge in [-0.25, -0.2) is 8.42 Å². The van der Waals surface area contributed by atoms with Crippen LogP contribution in [0.4, 0.5) is 0 Å². The third-order valence-electron chi connectivity index (χ3n) is 28.2. The van der Waals surface area contributed by atoms with Crippen LogP contribution < -0.4 is 0 Å². The van der Waals surface area contributed by atoms with Crippen molar-refractivity contribution < 1.29 is 38.1 Å². The molecule has 0 saturated carbocycles. The Morgan fingerprint density at radius 3 is 1.10 bits per heavy atom. The smallest absolute Gasteiger partial charge is 0.321 e. The SMILES string of the molecule is CCn1nc(Cc2ccc(C#N)cc2)cc1C1CCN(C[C@H]2CN([C@@H](C(=O)O)C(C)(C)C)C[C@@H]2c2cccc(C)c2)CC1.CCn1nc(Cc2ccc(S(C)(=O)=O)cc2)cc1C1CCN(C[C@H]2CN([C@@H](C(=O)O)C(C)(C)C)C[C@@H]2c2cccc(C)c2)CC1.Cc1cccc([C@H]2CN([C@@H](C(=O)O)C(C)(C)C)C[C@@H]2CN2CCC(c3cncc(Cc4ccccc4)c3)CC2)c1. The summed E-state index contributed by atoms with van der Waals surface area (Å²) < 4.78 is 28.0. The number of aliphatic carboxylic acids is 3. The molecule has 684 valence electrons. The molecule has 0 bridgehead atoms. The van der Waals surface area contributed by atoms with Crippen molar-refractivity contribution in [2.45, 2.75) is 226 Å². The van der Waals surface area contributed by atoms with Gasteiger partial charge in [0.15, 0.2) is 9.84 Å². The normalized spacial score (nSPS) is 21.4. The standard InChI is InChI=1S/C36H47N5O2.C36H50N4O4S.C35H45N3O2/c1-6-41-33(20-31(38-41)19-26-10-12-27(21-37)13-11-26)28-14-16-39(17-15-28)22-30-23-40(34(35(42)43)36(3,4)5)24-32(30)29-9-7-8-25(2)18-29;1-7-40-33(21-30(37-40)20-26-11-13-31(14-12-26)45(6,43)44)27-15-17-38(18-16-27)22-29-23-39(34(35(41)42)36(3,4)5)24-32(29)28-10-8-9-25(2)19-28;1-25-9-8-12-29(17-25)32-24-38(33(34(39)40)35(2,3)4)23-31(32)22-37-15-13-28(14-16-37)30-19-27(20-36-21-30)18-26-10-6-5-7-11-26/h7-13,18,20,28,30,32,34H,6,14-17,19,22-24H2,1-5H3,(H,42,43);8-14,19,21,27,29,32,34H,7,15-18,20,22-24H2,1-6H3,(H,41,42);5-12,17,19-21,28,31-33H,13-16,18,22-24H2,1-4H3,(H,39,40)/t30-,32+,34-;29-,32+,34-;31-,32+,33-/m000/s1. The molecule has 21 heteroatoms. The van der Waals surface area contributed by atoms with E-state index in [4.69, 9.17) is 15.5 Å². The summed E-state index contributed by atoms with van der Waals surface area (Å²) in [6.45, 7) is 44.8. The summed E-state index contributed by atoms with van der Waals surface area (Å²) in [5.41, 5.74) is 18.4. The first-order chi connectivity index (χ1) is 60.9. The minimum Gasteiger partial charge on any atom is -0.480 e. The molecular weight excluding hydrogens is 1610 g/mol. The lowest BCUT2D eigenvalue weighted by molar-refractivity contribution is -0.148. The quantitative estimate of drug-likeness (QED) is 0.0434. The average Bonchev–Trinajstić information content (AvgIpc) is 1.65. The second kappa shape index (κ2) is 42.2. The highest BCUT2D eigenvalue weighted by molar-refractivity contribution is 7.90. The molecule has 6 aromatic carbocycles. The zero-order valence-electron chi connectivity index (χ0n) is 78.8. The molecule has 20 nitrogen and oxygen atoms in total. The molecule has 0 amide bonds. The summed E-state index contributed by atoms with van der Waals surface area (Å²) >= 11 is 0. The highest BCUT2D eigenvalue weighted by Crippen LogP contribution is 2.44. The number of pyridine rings is 1. The number of aromatic nitrogens is 5. The lowest BCUT2D eigenvalue weighted by atomic mass is 9.85. The van der Waals surface area contributed by atoms with Gasteiger partial charge in [0.1, 0.15) is 18.1 Å². The Morgan fingerprint density at radius 1 is 0.422 bits per heavy atom. The molecule has 0 radical (unpaired) electrons. The largest absolute Gasteiger partial charge is 0.480 e. The van der Waals surface area contributed by atoms with E-state index in [1.165, 1.54) is 73.3 Å². The summed E-state index contributed by atoms with van der Waals surface area (Å²) in [6.07, 6.45) is 14.3. The Hall–Kier alpha value is -9.50. The Bertz CT molecular complexity index is 5350. The van der Waals surface area contributed by atoms with Gasteiger partial charge in [-0.2, -0.15) is 15.5 Å². The number of carboxylic acid groups (broad SMARTS) is 3. The van der Waals surface area contributed by atoms with E-state index >= 15 is 0 Å². The van der Waals surface area contributed by atoms with Gasteiger partial charge in [-0.05, 0) is 240 Å². The predicted molar refractivity (Wildman–Crippen MR) is 510 cm³/mol. The second-order valence-corrected chi connectivity index (χ2v) is 43.4. The van der Waals surface area contributed by atoms with Crippen molar-refractivity contribution >= 4 is 27.7 Å². The van der Waals surface area contributed by atoms with Gasteiger partial charge in [-0.1, -0.05) is 212 Å². The number of rotatable bonds is 27. The number of sulfone groups is 1. The van der Waals surface area contributed by atoms with Crippen molar-refractivity contribution in [2.75, 3.05) is 104 Å². The number of hydrogen-bond acceptors (Lipinski definition) is 15. The predicted octanol–water partition coefficient (Wildman–Crippen LogP) is 18.0. The van der Waals surface area contributed by atoms with Crippen LogP contribution in [-0.2, 0) is 56.6 Å². The van der Waals surface area contributed by atoms with Crippen LogP contribution >= 0.6 is 0 Å². The van der Waals surface area contributed by atoms with Crippen LogP contribution in [-0.4, -0.2) is 218 Å². The van der Waals surface area contributed by atoms with Crippen molar-refractivity contribution in [1.29, 1.82) is 5.26 Å². The maximum absolute atomic E-state index is 12.4. The maximum atomic E-state index is 12.4. The van der Waals surface area contributed by atoms with E-state index in [0.717, 1.165) is 180 Å². The van der Waals surface area contributed by atoms with Gasteiger partial charge in [-0.3, -0.25) is 43.4 Å². The molecule has 6 aliphatic rings. The molecule has 9 atom stereocenters. The number of piperidine rings is 3. The van der Waals surface area contributed by atoms with E-state index in [0.29, 0.717) is 70.1 Å². The van der Waals surface area contributed by atoms with Crippen molar-refractivity contribution in [3.05, 3.63) is 272 Å². The molecule has 6 saturated heterocycles. The van der Waals surface area contributed by atoms with E-state index in [9.17, 15) is 38.1 Å². The molecule has 9 aromatic rings.